The van der Waals surface area contributed by atoms with Crippen molar-refractivity contribution < 1.29 is 5.11 Å². The van der Waals surface area contributed by atoms with Gasteiger partial charge in [0, 0.05) is 19.1 Å². The number of hydrogen-bond acceptors (Lipinski definition) is 3. The van der Waals surface area contributed by atoms with E-state index < -0.39 is 0 Å². The topological polar surface area (TPSA) is 35.5 Å². The second-order valence-corrected chi connectivity index (χ2v) is 4.68. The van der Waals surface area contributed by atoms with Crippen molar-refractivity contribution in [3.05, 3.63) is 0 Å². The molecule has 14 heavy (non-hydrogen) atoms. The van der Waals surface area contributed by atoms with Crippen molar-refractivity contribution >= 4 is 0 Å². The molecular weight excluding hydrogens is 176 g/mol. The largest absolute Gasteiger partial charge is 0.392 e. The minimum absolute atomic E-state index is 0.0608. The van der Waals surface area contributed by atoms with E-state index in [1.165, 1.54) is 32.2 Å². The molecule has 2 saturated heterocycles. The molecule has 2 N–H and O–H groups in total. The molecule has 0 saturated carbocycles. The Morgan fingerprint density at radius 2 is 2.21 bits per heavy atom. The molecule has 0 aromatic carbocycles. The van der Waals surface area contributed by atoms with Crippen LogP contribution in [-0.4, -0.2) is 48.3 Å². The van der Waals surface area contributed by atoms with E-state index in [4.69, 9.17) is 0 Å². The molecule has 0 bridgehead atoms. The van der Waals surface area contributed by atoms with E-state index in [2.05, 4.69) is 10.2 Å². The minimum atomic E-state index is -0.0608. The third-order valence-electron chi connectivity index (χ3n) is 3.45. The Kier molecular flexibility index (Phi) is 3.79. The van der Waals surface area contributed by atoms with Crippen molar-refractivity contribution in [2.45, 2.75) is 44.2 Å². The summed E-state index contributed by atoms with van der Waals surface area (Å²) in [4.78, 5) is 2.39. The molecule has 0 aromatic rings. The molecule has 2 atom stereocenters. The van der Waals surface area contributed by atoms with E-state index >= 15 is 0 Å². The van der Waals surface area contributed by atoms with E-state index in [0.717, 1.165) is 32.1 Å². The summed E-state index contributed by atoms with van der Waals surface area (Å²) in [6, 6.07) is 0.737. The van der Waals surface area contributed by atoms with Crippen molar-refractivity contribution in [3.63, 3.8) is 0 Å². The molecule has 2 rings (SSSR count). The molecule has 2 fully saturated rings. The third kappa shape index (κ3) is 2.94. The van der Waals surface area contributed by atoms with Gasteiger partial charge in [-0.1, -0.05) is 6.42 Å². The molecule has 3 nitrogen and oxygen atoms in total. The van der Waals surface area contributed by atoms with Gasteiger partial charge in [-0.05, 0) is 38.8 Å². The van der Waals surface area contributed by atoms with Gasteiger partial charge in [0.05, 0.1) is 6.10 Å². The molecule has 0 amide bonds. The summed E-state index contributed by atoms with van der Waals surface area (Å²) in [5, 5.41) is 12.9. The van der Waals surface area contributed by atoms with Crippen LogP contribution in [-0.2, 0) is 0 Å². The number of aliphatic hydroxyl groups excluding tert-OH is 1. The van der Waals surface area contributed by atoms with Crippen LogP contribution >= 0.6 is 0 Å². The maximum atomic E-state index is 9.38. The van der Waals surface area contributed by atoms with Crippen molar-refractivity contribution in [1.82, 2.24) is 10.2 Å². The first kappa shape index (κ1) is 10.4. The standard InChI is InChI=1S/C11H22N2O/c14-11-5-8-13(9-11)7-4-10-3-1-2-6-12-10/h10-12,14H,1-9H2/t10-,11-/m1/s1. The van der Waals surface area contributed by atoms with Gasteiger partial charge in [0.2, 0.25) is 0 Å². The van der Waals surface area contributed by atoms with Gasteiger partial charge >= 0.3 is 0 Å². The molecule has 0 radical (unpaired) electrons. The van der Waals surface area contributed by atoms with Crippen molar-refractivity contribution in [3.8, 4) is 0 Å². The average Bonchev–Trinajstić information content (AvgIpc) is 2.63. The van der Waals surface area contributed by atoms with E-state index in [9.17, 15) is 5.11 Å². The summed E-state index contributed by atoms with van der Waals surface area (Å²) < 4.78 is 0. The van der Waals surface area contributed by atoms with Crippen LogP contribution < -0.4 is 5.32 Å². The van der Waals surface area contributed by atoms with Crippen LogP contribution in [0.5, 0.6) is 0 Å². The van der Waals surface area contributed by atoms with Gasteiger partial charge in [-0.25, -0.2) is 0 Å². The Morgan fingerprint density at radius 1 is 1.29 bits per heavy atom. The number of piperidine rings is 1. The summed E-state index contributed by atoms with van der Waals surface area (Å²) in [5.41, 5.74) is 0. The Morgan fingerprint density at radius 3 is 2.86 bits per heavy atom. The molecule has 2 aliphatic rings. The summed E-state index contributed by atoms with van der Waals surface area (Å²) in [6.07, 6.45) is 6.25. The average molecular weight is 198 g/mol. The number of nitrogens with one attached hydrogen (secondary N) is 1. The third-order valence-corrected chi connectivity index (χ3v) is 3.45. The highest BCUT2D eigenvalue weighted by molar-refractivity contribution is 4.78. The normalized spacial score (nSPS) is 34.9. The Hall–Kier alpha value is -0.120. The fourth-order valence-electron chi connectivity index (χ4n) is 2.52. The van der Waals surface area contributed by atoms with Crippen LogP contribution in [0.1, 0.15) is 32.1 Å². The summed E-state index contributed by atoms with van der Waals surface area (Å²) in [5.74, 6) is 0. The lowest BCUT2D eigenvalue weighted by molar-refractivity contribution is 0.174. The number of nitrogens with zero attached hydrogens (tertiary/aromatic N) is 1. The Labute approximate surface area is 86.5 Å². The van der Waals surface area contributed by atoms with E-state index in [0.29, 0.717) is 0 Å². The minimum Gasteiger partial charge on any atom is -0.392 e. The van der Waals surface area contributed by atoms with Gasteiger partial charge in [-0.3, -0.25) is 0 Å². The molecule has 2 aliphatic heterocycles. The second kappa shape index (κ2) is 5.10. The summed E-state index contributed by atoms with van der Waals surface area (Å²) in [7, 11) is 0. The lowest BCUT2D eigenvalue weighted by Crippen LogP contribution is -2.37. The van der Waals surface area contributed by atoms with E-state index in [1.54, 1.807) is 0 Å². The Bertz CT molecular complexity index is 164. The van der Waals surface area contributed by atoms with Crippen LogP contribution in [0.3, 0.4) is 0 Å². The van der Waals surface area contributed by atoms with Gasteiger partial charge in [0.1, 0.15) is 0 Å². The van der Waals surface area contributed by atoms with E-state index in [-0.39, 0.29) is 6.10 Å². The molecular formula is C11H22N2O. The monoisotopic (exact) mass is 198 g/mol. The second-order valence-electron chi connectivity index (χ2n) is 4.68. The molecule has 0 aliphatic carbocycles. The predicted molar refractivity (Wildman–Crippen MR) is 57.3 cm³/mol. The fraction of sp³-hybridized carbons (Fsp3) is 1.00. The van der Waals surface area contributed by atoms with Crippen LogP contribution in [0.4, 0.5) is 0 Å². The lowest BCUT2D eigenvalue weighted by atomic mass is 10.0. The van der Waals surface area contributed by atoms with Crippen molar-refractivity contribution in [2.24, 2.45) is 0 Å². The number of β-amino-alcohol motifs (C(OH)–C–C–N with tert-alkyl or cyclic N) is 1. The number of hydrogen-bond donors (Lipinski definition) is 2. The summed E-state index contributed by atoms with van der Waals surface area (Å²) >= 11 is 0. The van der Waals surface area contributed by atoms with Crippen molar-refractivity contribution in [2.75, 3.05) is 26.2 Å². The van der Waals surface area contributed by atoms with Gasteiger partial charge in [-0.15, -0.1) is 0 Å². The van der Waals surface area contributed by atoms with Gasteiger partial charge in [-0.2, -0.15) is 0 Å². The highest BCUT2D eigenvalue weighted by atomic mass is 16.3. The lowest BCUT2D eigenvalue weighted by Gasteiger charge is -2.25. The van der Waals surface area contributed by atoms with Crippen LogP contribution in [0.25, 0.3) is 0 Å². The predicted octanol–water partition coefficient (Wildman–Crippen LogP) is 0.585. The first-order chi connectivity index (χ1) is 6.84. The van der Waals surface area contributed by atoms with Crippen LogP contribution in [0.15, 0.2) is 0 Å². The van der Waals surface area contributed by atoms with Gasteiger partial charge in [0.25, 0.3) is 0 Å². The number of rotatable bonds is 3. The summed E-state index contributed by atoms with van der Waals surface area (Å²) in [6.45, 7) is 4.35. The molecule has 82 valence electrons. The van der Waals surface area contributed by atoms with Crippen molar-refractivity contribution in [1.29, 1.82) is 0 Å². The van der Waals surface area contributed by atoms with E-state index in [1.807, 2.05) is 0 Å². The van der Waals surface area contributed by atoms with Gasteiger partial charge in [0.15, 0.2) is 0 Å². The molecule has 0 spiro atoms. The maximum absolute atomic E-state index is 9.38. The van der Waals surface area contributed by atoms with Crippen LogP contribution in [0, 0.1) is 0 Å². The fourth-order valence-corrected chi connectivity index (χ4v) is 2.52. The van der Waals surface area contributed by atoms with Gasteiger partial charge < -0.3 is 15.3 Å². The molecule has 3 heteroatoms. The SMILES string of the molecule is O[C@@H]1CCN(CC[C@H]2CCCCN2)C1. The Balaban J connectivity index is 1.61. The zero-order valence-electron chi connectivity index (χ0n) is 8.91. The highest BCUT2D eigenvalue weighted by Crippen LogP contribution is 2.13. The number of aliphatic hydroxyl groups is 1. The molecule has 0 aromatic heterocycles. The zero-order chi connectivity index (χ0) is 9.80. The number of likely N-dealkylation sites (tertiary alicyclic amines) is 1. The highest BCUT2D eigenvalue weighted by Gasteiger charge is 2.21. The zero-order valence-corrected chi connectivity index (χ0v) is 8.91. The first-order valence-corrected chi connectivity index (χ1v) is 5.98. The molecule has 2 heterocycles. The first-order valence-electron chi connectivity index (χ1n) is 5.98. The quantitative estimate of drug-likeness (QED) is 0.696. The smallest absolute Gasteiger partial charge is 0.0679 e. The van der Waals surface area contributed by atoms with Crippen LogP contribution in [0.2, 0.25) is 0 Å². The maximum Gasteiger partial charge on any atom is 0.0679 e. The molecule has 0 unspecified atom stereocenters.